The Balaban J connectivity index is 1.25. The number of morpholine rings is 1. The van der Waals surface area contributed by atoms with Crippen molar-refractivity contribution in [1.29, 1.82) is 0 Å². The molecule has 2 aromatic heterocycles. The van der Waals surface area contributed by atoms with Crippen LogP contribution in [0, 0.1) is 5.82 Å². The third-order valence-electron chi connectivity index (χ3n) is 4.93. The lowest BCUT2D eigenvalue weighted by Gasteiger charge is -2.34. The lowest BCUT2D eigenvalue weighted by molar-refractivity contribution is -0.116. The van der Waals surface area contributed by atoms with E-state index in [-0.39, 0.29) is 30.4 Å². The Bertz CT molecular complexity index is 1010. The van der Waals surface area contributed by atoms with Crippen LogP contribution in [0.1, 0.15) is 31.9 Å². The number of carbonyl (C=O) groups excluding carboxylic acids is 1. The number of nitrogens with zero attached hydrogens (tertiary/aromatic N) is 3. The third-order valence-corrected chi connectivity index (χ3v) is 5.73. The molecule has 4 rings (SSSR count). The Morgan fingerprint density at radius 2 is 2.00 bits per heavy atom. The number of ether oxygens (including phenoxy) is 1. The molecule has 3 heterocycles. The number of halogens is 1. The fourth-order valence-electron chi connectivity index (χ4n) is 3.66. The molecule has 0 radical (unpaired) electrons. The zero-order chi connectivity index (χ0) is 21.8. The molecule has 9 heteroatoms. The first kappa shape index (κ1) is 21.6. The van der Waals surface area contributed by atoms with Crippen LogP contribution in [0.3, 0.4) is 0 Å². The van der Waals surface area contributed by atoms with Crippen LogP contribution in [0.25, 0.3) is 11.3 Å². The van der Waals surface area contributed by atoms with Crippen LogP contribution >= 0.6 is 11.3 Å². The van der Waals surface area contributed by atoms with Crippen molar-refractivity contribution in [1.82, 2.24) is 14.9 Å². The van der Waals surface area contributed by atoms with E-state index < -0.39 is 0 Å². The highest BCUT2D eigenvalue weighted by Gasteiger charge is 2.22. The number of anilines is 1. The molecule has 1 saturated heterocycles. The molecule has 0 saturated carbocycles. The van der Waals surface area contributed by atoms with Gasteiger partial charge in [-0.15, -0.1) is 11.3 Å². The fourth-order valence-corrected chi connectivity index (χ4v) is 4.37. The van der Waals surface area contributed by atoms with Crippen LogP contribution in [0.2, 0.25) is 0 Å². The quantitative estimate of drug-likeness (QED) is 0.591. The van der Waals surface area contributed by atoms with Crippen molar-refractivity contribution in [3.8, 4) is 11.3 Å². The van der Waals surface area contributed by atoms with Gasteiger partial charge in [-0.2, -0.15) is 0 Å². The highest BCUT2D eigenvalue weighted by Crippen LogP contribution is 2.22. The van der Waals surface area contributed by atoms with Crippen LogP contribution in [0.4, 0.5) is 9.52 Å². The van der Waals surface area contributed by atoms with E-state index in [1.54, 1.807) is 18.3 Å². The van der Waals surface area contributed by atoms with Crippen molar-refractivity contribution >= 4 is 22.4 Å². The lowest BCUT2D eigenvalue weighted by Crippen LogP contribution is -2.44. The average Bonchev–Trinajstić information content (AvgIpc) is 3.36. The van der Waals surface area contributed by atoms with Gasteiger partial charge in [-0.25, -0.2) is 14.4 Å². The minimum Gasteiger partial charge on any atom is -0.441 e. The molecule has 31 heavy (non-hydrogen) atoms. The molecule has 0 spiro atoms. The molecular formula is C22H25FN4O3S. The van der Waals surface area contributed by atoms with Crippen molar-refractivity contribution in [3.63, 3.8) is 0 Å². The van der Waals surface area contributed by atoms with E-state index in [0.29, 0.717) is 23.2 Å². The van der Waals surface area contributed by atoms with Gasteiger partial charge in [0.2, 0.25) is 5.91 Å². The molecular weight excluding hydrogens is 419 g/mol. The number of oxazole rings is 1. The first-order chi connectivity index (χ1) is 14.9. The Kier molecular flexibility index (Phi) is 6.74. The second-order valence-electron chi connectivity index (χ2n) is 7.77. The molecule has 1 aromatic carbocycles. The van der Waals surface area contributed by atoms with E-state index in [0.717, 1.165) is 30.9 Å². The fraction of sp³-hybridized carbons (Fsp3) is 0.409. The molecule has 1 aliphatic heterocycles. The largest absolute Gasteiger partial charge is 0.441 e. The molecule has 3 aromatic rings. The number of hydrogen-bond acceptors (Lipinski definition) is 7. The minimum atomic E-state index is -0.306. The van der Waals surface area contributed by atoms with Crippen molar-refractivity contribution in [2.24, 2.45) is 0 Å². The summed E-state index contributed by atoms with van der Waals surface area (Å²) in [6.07, 6.45) is 2.60. The number of rotatable bonds is 7. The predicted octanol–water partition coefficient (Wildman–Crippen LogP) is 4.12. The van der Waals surface area contributed by atoms with Crippen LogP contribution < -0.4 is 5.32 Å². The number of thiazole rings is 1. The second kappa shape index (κ2) is 9.67. The van der Waals surface area contributed by atoms with Crippen molar-refractivity contribution in [2.75, 3.05) is 18.4 Å². The molecule has 7 nitrogen and oxygen atoms in total. The van der Waals surface area contributed by atoms with E-state index in [1.165, 1.54) is 23.5 Å². The van der Waals surface area contributed by atoms with E-state index >= 15 is 0 Å². The Hall–Kier alpha value is -2.62. The van der Waals surface area contributed by atoms with E-state index in [4.69, 9.17) is 9.15 Å². The summed E-state index contributed by atoms with van der Waals surface area (Å²) in [6.45, 7) is 6.64. The first-order valence-corrected chi connectivity index (χ1v) is 11.2. The zero-order valence-corrected chi connectivity index (χ0v) is 18.3. The van der Waals surface area contributed by atoms with Gasteiger partial charge in [-0.05, 0) is 38.1 Å². The van der Waals surface area contributed by atoms with Gasteiger partial charge in [0.15, 0.2) is 16.8 Å². The molecule has 1 amide bonds. The predicted molar refractivity (Wildman–Crippen MR) is 116 cm³/mol. The Morgan fingerprint density at radius 3 is 2.74 bits per heavy atom. The Labute approximate surface area is 184 Å². The van der Waals surface area contributed by atoms with Gasteiger partial charge >= 0.3 is 0 Å². The van der Waals surface area contributed by atoms with Crippen LogP contribution in [0.15, 0.2) is 40.3 Å². The zero-order valence-electron chi connectivity index (χ0n) is 17.5. The van der Waals surface area contributed by atoms with Crippen molar-refractivity contribution in [3.05, 3.63) is 53.2 Å². The second-order valence-corrected chi connectivity index (χ2v) is 8.63. The van der Waals surface area contributed by atoms with Gasteiger partial charge in [0, 0.05) is 43.4 Å². The van der Waals surface area contributed by atoms with E-state index in [9.17, 15) is 9.18 Å². The maximum absolute atomic E-state index is 13.0. The van der Waals surface area contributed by atoms with Gasteiger partial charge in [-0.3, -0.25) is 9.69 Å². The van der Waals surface area contributed by atoms with Gasteiger partial charge in [0.1, 0.15) is 5.82 Å². The molecule has 1 N–H and O–H groups in total. The third kappa shape index (κ3) is 5.96. The number of benzene rings is 1. The summed E-state index contributed by atoms with van der Waals surface area (Å²) in [4.78, 5) is 23.4. The van der Waals surface area contributed by atoms with Crippen LogP contribution in [0.5, 0.6) is 0 Å². The molecule has 1 aliphatic rings. The number of aromatic nitrogens is 2. The maximum Gasteiger partial charge on any atom is 0.226 e. The van der Waals surface area contributed by atoms with Crippen LogP contribution in [-0.4, -0.2) is 46.1 Å². The summed E-state index contributed by atoms with van der Waals surface area (Å²) in [5, 5.41) is 5.41. The number of nitrogens with one attached hydrogen (secondary N) is 1. The summed E-state index contributed by atoms with van der Waals surface area (Å²) >= 11 is 1.42. The molecule has 1 fully saturated rings. The van der Waals surface area contributed by atoms with Crippen molar-refractivity contribution < 1.29 is 18.3 Å². The number of aryl methyl sites for hydroxylation is 1. The van der Waals surface area contributed by atoms with Crippen LogP contribution in [-0.2, 0) is 22.5 Å². The van der Waals surface area contributed by atoms with E-state index in [1.807, 2.05) is 5.38 Å². The minimum absolute atomic E-state index is 0.143. The number of carbonyl (C=O) groups is 1. The topological polar surface area (TPSA) is 80.5 Å². The molecule has 2 atom stereocenters. The highest BCUT2D eigenvalue weighted by molar-refractivity contribution is 7.13. The van der Waals surface area contributed by atoms with E-state index in [2.05, 4.69) is 34.0 Å². The summed E-state index contributed by atoms with van der Waals surface area (Å²) < 4.78 is 24.5. The van der Waals surface area contributed by atoms with Gasteiger partial charge in [0.25, 0.3) is 0 Å². The summed E-state index contributed by atoms with van der Waals surface area (Å²) in [5.74, 6) is 0.562. The SMILES string of the molecule is CC1CN(Cc2csc(NC(=O)CCc3ncc(-c4ccc(F)cc4)o3)n2)CC(C)O1. The molecule has 164 valence electrons. The monoisotopic (exact) mass is 444 g/mol. The van der Waals surface area contributed by atoms with Gasteiger partial charge in [-0.1, -0.05) is 0 Å². The normalized spacial score (nSPS) is 19.5. The Morgan fingerprint density at radius 1 is 1.26 bits per heavy atom. The van der Waals surface area contributed by atoms with Gasteiger partial charge < -0.3 is 14.5 Å². The lowest BCUT2D eigenvalue weighted by atomic mass is 10.2. The summed E-state index contributed by atoms with van der Waals surface area (Å²) in [6, 6.07) is 6.00. The summed E-state index contributed by atoms with van der Waals surface area (Å²) in [7, 11) is 0. The number of hydrogen-bond donors (Lipinski definition) is 1. The average molecular weight is 445 g/mol. The van der Waals surface area contributed by atoms with Gasteiger partial charge in [0.05, 0.1) is 24.1 Å². The summed E-state index contributed by atoms with van der Waals surface area (Å²) in [5.41, 5.74) is 1.68. The standard InChI is InChI=1S/C22H25FN4O3S/c1-14-10-27(11-15(2)29-14)12-18-13-31-22(25-18)26-20(28)7-8-21-24-9-19(30-21)16-3-5-17(23)6-4-16/h3-6,9,13-15H,7-8,10-12H2,1-2H3,(H,25,26,28). The first-order valence-electron chi connectivity index (χ1n) is 10.3. The molecule has 0 bridgehead atoms. The maximum atomic E-state index is 13.0. The molecule has 2 unspecified atom stereocenters. The molecule has 0 aliphatic carbocycles. The number of amides is 1. The smallest absolute Gasteiger partial charge is 0.226 e. The highest BCUT2D eigenvalue weighted by atomic mass is 32.1. The van der Waals surface area contributed by atoms with Crippen molar-refractivity contribution in [2.45, 2.75) is 45.4 Å².